The third-order valence-electron chi connectivity index (χ3n) is 4.91. The van der Waals surface area contributed by atoms with Crippen molar-refractivity contribution < 1.29 is 19.1 Å². The second-order valence-corrected chi connectivity index (χ2v) is 7.60. The summed E-state index contributed by atoms with van der Waals surface area (Å²) in [7, 11) is 0. The lowest BCUT2D eigenvalue weighted by Gasteiger charge is -2.29. The van der Waals surface area contributed by atoms with Gasteiger partial charge < -0.3 is 9.47 Å². The van der Waals surface area contributed by atoms with E-state index in [2.05, 4.69) is 26.1 Å². The van der Waals surface area contributed by atoms with Gasteiger partial charge in [-0.1, -0.05) is 22.9 Å². The van der Waals surface area contributed by atoms with Gasteiger partial charge in [0, 0.05) is 34.1 Å². The number of aromatic nitrogens is 2. The number of carbonyl (C=O) groups is 2. The van der Waals surface area contributed by atoms with Crippen molar-refractivity contribution in [1.29, 1.82) is 0 Å². The molecule has 0 spiro atoms. The molecule has 0 amide bonds. The first kappa shape index (κ1) is 17.0. The van der Waals surface area contributed by atoms with E-state index in [1.54, 1.807) is 19.2 Å². The summed E-state index contributed by atoms with van der Waals surface area (Å²) in [6.45, 7) is 5.49. The normalized spacial score (nSPS) is 22.3. The number of benzene rings is 1. The van der Waals surface area contributed by atoms with Crippen LogP contribution in [-0.4, -0.2) is 28.1 Å². The second-order valence-electron chi connectivity index (χ2n) is 6.75. The van der Waals surface area contributed by atoms with Crippen molar-refractivity contribution in [3.05, 3.63) is 45.3 Å². The predicted octanol–water partition coefficient (Wildman–Crippen LogP) is 3.95. The average Bonchev–Trinajstić information content (AvgIpc) is 3.05. The van der Waals surface area contributed by atoms with Gasteiger partial charge in [0.15, 0.2) is 17.6 Å². The number of aryl methyl sites for hydroxylation is 1. The molecule has 0 bridgehead atoms. The van der Waals surface area contributed by atoms with Gasteiger partial charge in [0.05, 0.1) is 5.69 Å². The molecule has 1 aromatic heterocycles. The molecule has 1 aliphatic heterocycles. The fourth-order valence-electron chi connectivity index (χ4n) is 3.51. The Balaban J connectivity index is 1.97. The van der Waals surface area contributed by atoms with Crippen LogP contribution in [0.4, 0.5) is 0 Å². The Morgan fingerprint density at radius 3 is 2.73 bits per heavy atom. The first-order valence-corrected chi connectivity index (χ1v) is 9.13. The maximum atomic E-state index is 13.0. The first-order valence-electron chi connectivity index (χ1n) is 8.34. The minimum absolute atomic E-state index is 0.0159. The van der Waals surface area contributed by atoms with Crippen LogP contribution >= 0.6 is 15.9 Å². The number of Topliss-reactive ketones (excluding diaryl/α,β-unsaturated/α-hetero) is 1. The van der Waals surface area contributed by atoms with E-state index >= 15 is 0 Å². The molecule has 2 aliphatic rings. The molecule has 2 atom stereocenters. The highest BCUT2D eigenvalue weighted by Gasteiger charge is 2.41. The molecule has 1 aromatic carbocycles. The highest BCUT2D eigenvalue weighted by molar-refractivity contribution is 9.10. The average molecular weight is 417 g/mol. The Kier molecular flexibility index (Phi) is 3.99. The SMILES string of the molecule is CC1=C2OC(=O)c3c(c(C)cc(Br)c3-c3ccn[nH]3)OC2C(C)CC1=O. The number of fused-ring (bicyclic) bond motifs is 2. The zero-order valence-corrected chi connectivity index (χ0v) is 16.1. The number of aromatic amines is 1. The van der Waals surface area contributed by atoms with Crippen LogP contribution in [-0.2, 0) is 9.53 Å². The second kappa shape index (κ2) is 6.09. The number of ketones is 1. The molecule has 1 aliphatic carbocycles. The lowest BCUT2D eigenvalue weighted by Crippen LogP contribution is -2.35. The van der Waals surface area contributed by atoms with E-state index in [-0.39, 0.29) is 11.7 Å². The zero-order chi connectivity index (χ0) is 18.6. The van der Waals surface area contributed by atoms with E-state index in [1.807, 2.05) is 19.9 Å². The number of nitrogens with zero attached hydrogens (tertiary/aromatic N) is 1. The molecule has 7 heteroatoms. The monoisotopic (exact) mass is 416 g/mol. The zero-order valence-electron chi connectivity index (χ0n) is 14.6. The van der Waals surface area contributed by atoms with Crippen molar-refractivity contribution >= 4 is 27.7 Å². The molecule has 4 rings (SSSR count). The first-order chi connectivity index (χ1) is 12.4. The minimum Gasteiger partial charge on any atom is -0.481 e. The van der Waals surface area contributed by atoms with Gasteiger partial charge in [-0.15, -0.1) is 0 Å². The molecule has 2 aromatic rings. The number of nitrogens with one attached hydrogen (secondary N) is 1. The summed E-state index contributed by atoms with van der Waals surface area (Å²) in [5, 5.41) is 6.86. The van der Waals surface area contributed by atoms with E-state index in [0.717, 1.165) is 10.0 Å². The van der Waals surface area contributed by atoms with E-state index in [4.69, 9.17) is 9.47 Å². The number of hydrogen-bond donors (Lipinski definition) is 1. The molecule has 134 valence electrons. The van der Waals surface area contributed by atoms with Crippen molar-refractivity contribution in [2.45, 2.75) is 33.3 Å². The quantitative estimate of drug-likeness (QED) is 0.711. The summed E-state index contributed by atoms with van der Waals surface area (Å²) >= 11 is 3.53. The Labute approximate surface area is 158 Å². The van der Waals surface area contributed by atoms with Crippen LogP contribution in [0.25, 0.3) is 11.3 Å². The molecular formula is C19H17BrN2O4. The third-order valence-corrected chi connectivity index (χ3v) is 5.53. The summed E-state index contributed by atoms with van der Waals surface area (Å²) in [6, 6.07) is 3.68. The van der Waals surface area contributed by atoms with Gasteiger partial charge in [0.1, 0.15) is 11.3 Å². The maximum Gasteiger partial charge on any atom is 0.347 e. The van der Waals surface area contributed by atoms with Gasteiger partial charge in [0.2, 0.25) is 0 Å². The van der Waals surface area contributed by atoms with E-state index in [9.17, 15) is 9.59 Å². The van der Waals surface area contributed by atoms with Crippen LogP contribution in [0.5, 0.6) is 5.75 Å². The minimum atomic E-state index is -0.534. The number of allylic oxidation sites excluding steroid dienone is 1. The van der Waals surface area contributed by atoms with Crippen molar-refractivity contribution in [2.24, 2.45) is 5.92 Å². The van der Waals surface area contributed by atoms with Gasteiger partial charge in [-0.2, -0.15) is 5.10 Å². The van der Waals surface area contributed by atoms with Gasteiger partial charge in [-0.3, -0.25) is 9.89 Å². The maximum absolute atomic E-state index is 13.0. The molecule has 2 heterocycles. The molecule has 1 N–H and O–H groups in total. The smallest absolute Gasteiger partial charge is 0.347 e. The molecule has 0 saturated carbocycles. The molecule has 0 radical (unpaired) electrons. The molecule has 2 unspecified atom stereocenters. The van der Waals surface area contributed by atoms with E-state index in [0.29, 0.717) is 40.3 Å². The summed E-state index contributed by atoms with van der Waals surface area (Å²) < 4.78 is 12.7. The Bertz CT molecular complexity index is 962. The van der Waals surface area contributed by atoms with Crippen LogP contribution < -0.4 is 4.74 Å². The molecular weight excluding hydrogens is 400 g/mol. The Hall–Kier alpha value is -2.41. The fraction of sp³-hybridized carbons (Fsp3) is 0.316. The molecule has 26 heavy (non-hydrogen) atoms. The third kappa shape index (κ3) is 2.49. The summed E-state index contributed by atoms with van der Waals surface area (Å²) in [5.74, 6) is 0.169. The van der Waals surface area contributed by atoms with Crippen molar-refractivity contribution in [2.75, 3.05) is 0 Å². The van der Waals surface area contributed by atoms with Gasteiger partial charge in [-0.25, -0.2) is 4.79 Å². The standard InChI is InChI=1S/C19H17BrN2O4/c1-8-6-11(20)14(12-4-5-21-22-12)15-16(8)25-17-9(2)7-13(23)10(3)18(17)26-19(15)24/h4-6,9,17H,7H2,1-3H3,(H,21,22). The Morgan fingerprint density at radius 1 is 1.27 bits per heavy atom. The van der Waals surface area contributed by atoms with Crippen molar-refractivity contribution in [3.63, 3.8) is 0 Å². The fourth-order valence-corrected chi connectivity index (χ4v) is 4.26. The summed E-state index contributed by atoms with van der Waals surface area (Å²) in [6.07, 6.45) is 1.52. The highest BCUT2D eigenvalue weighted by Crippen LogP contribution is 2.44. The van der Waals surface area contributed by atoms with Crippen LogP contribution in [0.2, 0.25) is 0 Å². The van der Waals surface area contributed by atoms with Crippen LogP contribution in [0, 0.1) is 12.8 Å². The molecule has 0 saturated heterocycles. The summed E-state index contributed by atoms with van der Waals surface area (Å²) in [4.78, 5) is 25.2. The number of ether oxygens (including phenoxy) is 2. The number of halogens is 1. The lowest BCUT2D eigenvalue weighted by molar-refractivity contribution is -0.118. The van der Waals surface area contributed by atoms with Crippen LogP contribution in [0.1, 0.15) is 36.2 Å². The molecule has 6 nitrogen and oxygen atoms in total. The largest absolute Gasteiger partial charge is 0.481 e. The highest BCUT2D eigenvalue weighted by atomic mass is 79.9. The number of H-pyrrole nitrogens is 1. The van der Waals surface area contributed by atoms with Gasteiger partial charge in [-0.05, 0) is 31.5 Å². The number of carbonyl (C=O) groups excluding carboxylic acids is 2. The Morgan fingerprint density at radius 2 is 2.04 bits per heavy atom. The van der Waals surface area contributed by atoms with Gasteiger partial charge >= 0.3 is 5.97 Å². The number of rotatable bonds is 1. The van der Waals surface area contributed by atoms with E-state index in [1.165, 1.54) is 0 Å². The van der Waals surface area contributed by atoms with Crippen LogP contribution in [0.15, 0.2) is 34.1 Å². The summed E-state index contributed by atoms with van der Waals surface area (Å²) in [5.41, 5.74) is 2.90. The van der Waals surface area contributed by atoms with Crippen molar-refractivity contribution in [1.82, 2.24) is 10.2 Å². The number of esters is 1. The number of hydrogen-bond acceptors (Lipinski definition) is 5. The predicted molar refractivity (Wildman–Crippen MR) is 97.8 cm³/mol. The topological polar surface area (TPSA) is 81.3 Å². The van der Waals surface area contributed by atoms with E-state index < -0.39 is 12.1 Å². The lowest BCUT2D eigenvalue weighted by atomic mass is 9.86. The molecule has 0 fully saturated rings. The van der Waals surface area contributed by atoms with Crippen molar-refractivity contribution in [3.8, 4) is 17.0 Å². The van der Waals surface area contributed by atoms with Crippen LogP contribution in [0.3, 0.4) is 0 Å². The van der Waals surface area contributed by atoms with Gasteiger partial charge in [0.25, 0.3) is 0 Å².